The normalized spacial score (nSPS) is 11.0. The van der Waals surface area contributed by atoms with Crippen LogP contribution in [0, 0.1) is 0 Å². The van der Waals surface area contributed by atoms with Crippen LogP contribution in [0.15, 0.2) is 64.3 Å². The van der Waals surface area contributed by atoms with Crippen molar-refractivity contribution < 1.29 is 4.79 Å². The van der Waals surface area contributed by atoms with E-state index in [2.05, 4.69) is 10.4 Å². The molecule has 3 rings (SSSR count). The van der Waals surface area contributed by atoms with Gasteiger partial charge in [-0.15, -0.1) is 11.8 Å². The summed E-state index contributed by atoms with van der Waals surface area (Å²) in [5, 5.41) is 8.33. The lowest BCUT2D eigenvalue weighted by atomic mass is 10.1. The van der Waals surface area contributed by atoms with Gasteiger partial charge in [-0.1, -0.05) is 36.4 Å². The van der Waals surface area contributed by atoms with Crippen LogP contribution in [-0.2, 0) is 0 Å². The fourth-order valence-electron chi connectivity index (χ4n) is 2.66. The Bertz CT molecular complexity index is 968. The lowest BCUT2D eigenvalue weighted by Crippen LogP contribution is -2.32. The highest BCUT2D eigenvalue weighted by Gasteiger charge is 2.17. The van der Waals surface area contributed by atoms with Crippen molar-refractivity contribution in [3.63, 3.8) is 0 Å². The number of fused-ring (bicyclic) bond motifs is 1. The highest BCUT2D eigenvalue weighted by Crippen LogP contribution is 2.17. The molecule has 2 aromatic carbocycles. The summed E-state index contributed by atoms with van der Waals surface area (Å²) in [4.78, 5) is 26.4. The van der Waals surface area contributed by atoms with Crippen LogP contribution >= 0.6 is 11.8 Å². The number of amides is 1. The van der Waals surface area contributed by atoms with E-state index in [4.69, 9.17) is 0 Å². The third-order valence-electron chi connectivity index (χ3n) is 3.93. The van der Waals surface area contributed by atoms with Crippen molar-refractivity contribution in [1.82, 2.24) is 15.1 Å². The Hall–Kier alpha value is -2.60. The molecule has 0 spiro atoms. The molecule has 134 valence electrons. The van der Waals surface area contributed by atoms with Gasteiger partial charge in [0.2, 0.25) is 0 Å². The summed E-state index contributed by atoms with van der Waals surface area (Å²) in [6.07, 6.45) is 0. The van der Waals surface area contributed by atoms with E-state index in [-0.39, 0.29) is 17.5 Å². The SMILES string of the molecule is CC(C)n1nc(C(=O)NCCSc2ccccc2)c2ccccc2c1=O. The van der Waals surface area contributed by atoms with E-state index in [1.807, 2.05) is 50.2 Å². The fourth-order valence-corrected chi connectivity index (χ4v) is 3.45. The Kier molecular flexibility index (Phi) is 5.73. The Balaban J connectivity index is 1.77. The first-order valence-corrected chi connectivity index (χ1v) is 9.54. The first-order chi connectivity index (χ1) is 12.6. The van der Waals surface area contributed by atoms with E-state index in [1.165, 1.54) is 9.58 Å². The van der Waals surface area contributed by atoms with E-state index in [9.17, 15) is 9.59 Å². The van der Waals surface area contributed by atoms with Gasteiger partial charge in [0.15, 0.2) is 5.69 Å². The maximum absolute atomic E-state index is 12.7. The van der Waals surface area contributed by atoms with Crippen LogP contribution in [0.5, 0.6) is 0 Å². The quantitative estimate of drug-likeness (QED) is 0.535. The van der Waals surface area contributed by atoms with Gasteiger partial charge in [-0.3, -0.25) is 9.59 Å². The van der Waals surface area contributed by atoms with Gasteiger partial charge in [-0.05, 0) is 32.0 Å². The van der Waals surface area contributed by atoms with Crippen LogP contribution < -0.4 is 10.9 Å². The number of rotatable bonds is 6. The molecule has 1 heterocycles. The number of carbonyl (C=O) groups is 1. The van der Waals surface area contributed by atoms with Crippen LogP contribution in [0.4, 0.5) is 0 Å². The van der Waals surface area contributed by atoms with Crippen molar-refractivity contribution in [1.29, 1.82) is 0 Å². The number of nitrogens with zero attached hydrogens (tertiary/aromatic N) is 2. The predicted octanol–water partition coefficient (Wildman–Crippen LogP) is 3.50. The maximum Gasteiger partial charge on any atom is 0.274 e. The number of benzene rings is 2. The Morgan fingerprint density at radius 2 is 1.73 bits per heavy atom. The fraction of sp³-hybridized carbons (Fsp3) is 0.250. The molecule has 1 amide bonds. The highest BCUT2D eigenvalue weighted by atomic mass is 32.2. The minimum absolute atomic E-state index is 0.118. The summed E-state index contributed by atoms with van der Waals surface area (Å²) in [5.74, 6) is 0.501. The summed E-state index contributed by atoms with van der Waals surface area (Å²) in [5.41, 5.74) is 0.116. The second-order valence-electron chi connectivity index (χ2n) is 6.16. The molecule has 1 aromatic heterocycles. The minimum atomic E-state index is -0.260. The van der Waals surface area contributed by atoms with Crippen molar-refractivity contribution >= 4 is 28.4 Å². The zero-order valence-corrected chi connectivity index (χ0v) is 15.6. The molecule has 0 fully saturated rings. The van der Waals surface area contributed by atoms with Gasteiger partial charge in [0, 0.05) is 22.6 Å². The van der Waals surface area contributed by atoms with Crippen molar-refractivity contribution in [2.45, 2.75) is 24.8 Å². The van der Waals surface area contributed by atoms with E-state index < -0.39 is 0 Å². The first-order valence-electron chi connectivity index (χ1n) is 8.55. The summed E-state index contributed by atoms with van der Waals surface area (Å²) < 4.78 is 1.37. The molecule has 0 atom stereocenters. The van der Waals surface area contributed by atoms with E-state index in [1.54, 1.807) is 30.0 Å². The number of hydrogen-bond donors (Lipinski definition) is 1. The molecule has 0 bridgehead atoms. The zero-order valence-electron chi connectivity index (χ0n) is 14.8. The molecule has 3 aromatic rings. The van der Waals surface area contributed by atoms with Crippen LogP contribution in [0.2, 0.25) is 0 Å². The summed E-state index contributed by atoms with van der Waals surface area (Å²) in [7, 11) is 0. The average Bonchev–Trinajstić information content (AvgIpc) is 2.66. The third kappa shape index (κ3) is 3.96. The topological polar surface area (TPSA) is 64.0 Å². The number of aromatic nitrogens is 2. The van der Waals surface area contributed by atoms with Gasteiger partial charge in [-0.25, -0.2) is 4.68 Å². The second kappa shape index (κ2) is 8.19. The lowest BCUT2D eigenvalue weighted by Gasteiger charge is -2.13. The van der Waals surface area contributed by atoms with E-state index in [0.29, 0.717) is 23.0 Å². The lowest BCUT2D eigenvalue weighted by molar-refractivity contribution is 0.0950. The zero-order chi connectivity index (χ0) is 18.5. The Labute approximate surface area is 156 Å². The number of hydrogen-bond acceptors (Lipinski definition) is 4. The van der Waals surface area contributed by atoms with Gasteiger partial charge in [0.1, 0.15) is 0 Å². The minimum Gasteiger partial charge on any atom is -0.350 e. The van der Waals surface area contributed by atoms with E-state index in [0.717, 1.165) is 5.75 Å². The van der Waals surface area contributed by atoms with Gasteiger partial charge in [-0.2, -0.15) is 5.10 Å². The van der Waals surface area contributed by atoms with Crippen LogP contribution in [0.1, 0.15) is 30.4 Å². The van der Waals surface area contributed by atoms with Crippen LogP contribution in [0.25, 0.3) is 10.8 Å². The molecule has 1 N–H and O–H groups in total. The molecule has 0 unspecified atom stereocenters. The molecule has 0 radical (unpaired) electrons. The van der Waals surface area contributed by atoms with Crippen molar-refractivity contribution in [3.05, 3.63) is 70.6 Å². The summed E-state index contributed by atoms with van der Waals surface area (Å²) in [6, 6.07) is 17.0. The summed E-state index contributed by atoms with van der Waals surface area (Å²) in [6.45, 7) is 4.28. The molecular formula is C20H21N3O2S. The van der Waals surface area contributed by atoms with Crippen LogP contribution in [0.3, 0.4) is 0 Å². The van der Waals surface area contributed by atoms with Gasteiger partial charge >= 0.3 is 0 Å². The molecule has 26 heavy (non-hydrogen) atoms. The molecule has 0 aliphatic carbocycles. The summed E-state index contributed by atoms with van der Waals surface area (Å²) >= 11 is 1.68. The van der Waals surface area contributed by atoms with Crippen molar-refractivity contribution in [2.75, 3.05) is 12.3 Å². The first kappa shape index (κ1) is 18.2. The maximum atomic E-state index is 12.7. The monoisotopic (exact) mass is 367 g/mol. The molecule has 0 aliphatic rings. The molecule has 5 nitrogen and oxygen atoms in total. The smallest absolute Gasteiger partial charge is 0.274 e. The number of carbonyl (C=O) groups excluding carboxylic acids is 1. The van der Waals surface area contributed by atoms with E-state index >= 15 is 0 Å². The third-order valence-corrected chi connectivity index (χ3v) is 4.95. The van der Waals surface area contributed by atoms with Crippen molar-refractivity contribution in [3.8, 4) is 0 Å². The predicted molar refractivity (Wildman–Crippen MR) is 106 cm³/mol. The second-order valence-corrected chi connectivity index (χ2v) is 7.32. The highest BCUT2D eigenvalue weighted by molar-refractivity contribution is 7.99. The van der Waals surface area contributed by atoms with Crippen molar-refractivity contribution in [2.24, 2.45) is 0 Å². The Morgan fingerprint density at radius 3 is 2.42 bits per heavy atom. The molecule has 0 saturated carbocycles. The number of nitrogens with one attached hydrogen (secondary N) is 1. The largest absolute Gasteiger partial charge is 0.350 e. The molecular weight excluding hydrogens is 346 g/mol. The van der Waals surface area contributed by atoms with Gasteiger partial charge in [0.25, 0.3) is 11.5 Å². The van der Waals surface area contributed by atoms with Gasteiger partial charge in [0.05, 0.1) is 11.4 Å². The van der Waals surface area contributed by atoms with Crippen LogP contribution in [-0.4, -0.2) is 28.0 Å². The van der Waals surface area contributed by atoms with Gasteiger partial charge < -0.3 is 5.32 Å². The number of thioether (sulfide) groups is 1. The average molecular weight is 367 g/mol. The molecule has 0 aliphatic heterocycles. The Morgan fingerprint density at radius 1 is 1.08 bits per heavy atom. The molecule has 6 heteroatoms. The molecule has 0 saturated heterocycles. The standard InChI is InChI=1S/C20H21N3O2S/c1-14(2)23-20(25)17-11-7-6-10-16(17)18(22-23)19(24)21-12-13-26-15-8-4-3-5-9-15/h3-11,14H,12-13H2,1-2H3,(H,21,24).